The first kappa shape index (κ1) is 23.6. The lowest BCUT2D eigenvalue weighted by Crippen LogP contribution is -2.08. The van der Waals surface area contributed by atoms with E-state index < -0.39 is 0 Å². The molecule has 0 unspecified atom stereocenters. The summed E-state index contributed by atoms with van der Waals surface area (Å²) in [5.74, 6) is 1.48. The van der Waals surface area contributed by atoms with Crippen LogP contribution in [0.3, 0.4) is 0 Å². The van der Waals surface area contributed by atoms with Crippen LogP contribution in [0.5, 0.6) is 11.5 Å². The van der Waals surface area contributed by atoms with Gasteiger partial charge < -0.3 is 9.47 Å². The minimum Gasteiger partial charge on any atom is -0.494 e. The number of carbonyl (C=O) groups is 1. The van der Waals surface area contributed by atoms with Crippen LogP contribution in [0.15, 0.2) is 72.8 Å². The summed E-state index contributed by atoms with van der Waals surface area (Å²) in [6, 6.07) is 23.4. The molecule has 3 aromatic carbocycles. The van der Waals surface area contributed by atoms with Gasteiger partial charge in [0.15, 0.2) is 0 Å². The maximum absolute atomic E-state index is 12.5. The molecule has 0 heterocycles. The first-order valence-corrected chi connectivity index (χ1v) is 11.8. The Kier molecular flexibility index (Phi) is 8.91. The second-order valence-electron chi connectivity index (χ2n) is 8.24. The Labute approximate surface area is 192 Å². The molecule has 0 spiro atoms. The Morgan fingerprint density at radius 1 is 0.750 bits per heavy atom. The van der Waals surface area contributed by atoms with E-state index >= 15 is 0 Å². The lowest BCUT2D eigenvalue weighted by atomic mass is 9.93. The molecule has 32 heavy (non-hydrogen) atoms. The summed E-state index contributed by atoms with van der Waals surface area (Å²) in [6.45, 7) is 7.10. The molecule has 0 fully saturated rings. The van der Waals surface area contributed by atoms with Crippen LogP contribution in [0.2, 0.25) is 0 Å². The van der Waals surface area contributed by atoms with Gasteiger partial charge in [-0.15, -0.1) is 0 Å². The third-order valence-electron chi connectivity index (χ3n) is 5.77. The smallest absolute Gasteiger partial charge is 0.343 e. The molecule has 0 saturated heterocycles. The number of benzene rings is 3. The fourth-order valence-corrected chi connectivity index (χ4v) is 3.78. The Hall–Kier alpha value is -3.07. The first-order chi connectivity index (χ1) is 15.6. The van der Waals surface area contributed by atoms with E-state index in [0.29, 0.717) is 23.8 Å². The highest BCUT2D eigenvalue weighted by atomic mass is 16.5. The summed E-state index contributed by atoms with van der Waals surface area (Å²) in [6.07, 6.45) is 6.47. The number of carbonyl (C=O) groups excluding carboxylic acids is 1. The van der Waals surface area contributed by atoms with Crippen molar-refractivity contribution in [2.24, 2.45) is 0 Å². The molecule has 0 aromatic heterocycles. The number of hydrogen-bond acceptors (Lipinski definition) is 3. The third-order valence-corrected chi connectivity index (χ3v) is 5.77. The minimum absolute atomic E-state index is 0.368. The molecular formula is C29H34O3. The highest BCUT2D eigenvalue weighted by Gasteiger charge is 2.10. The SMILES string of the molecule is CCCCCC[C@@H](C)c1ccc(-c2ccc(C(=O)Oc3ccc(OCC)cc3)cc2)cc1. The van der Waals surface area contributed by atoms with Crippen molar-refractivity contribution >= 4 is 5.97 Å². The predicted octanol–water partition coefficient (Wildman–Crippen LogP) is 8.05. The average Bonchev–Trinajstić information content (AvgIpc) is 2.83. The fraction of sp³-hybridized carbons (Fsp3) is 0.345. The molecule has 0 radical (unpaired) electrons. The van der Waals surface area contributed by atoms with Gasteiger partial charge in [0.2, 0.25) is 0 Å². The predicted molar refractivity (Wildman–Crippen MR) is 132 cm³/mol. The Bertz CT molecular complexity index is 957. The Morgan fingerprint density at radius 3 is 1.94 bits per heavy atom. The van der Waals surface area contributed by atoms with Gasteiger partial charge in [0.05, 0.1) is 12.2 Å². The second kappa shape index (κ2) is 12.1. The molecule has 0 aliphatic heterocycles. The number of hydrogen-bond donors (Lipinski definition) is 0. The van der Waals surface area contributed by atoms with Crippen LogP contribution in [0.1, 0.15) is 74.7 Å². The van der Waals surface area contributed by atoms with Crippen molar-refractivity contribution in [3.05, 3.63) is 83.9 Å². The van der Waals surface area contributed by atoms with E-state index in [1.807, 2.05) is 31.2 Å². The van der Waals surface area contributed by atoms with Crippen molar-refractivity contribution in [1.82, 2.24) is 0 Å². The molecule has 0 bridgehead atoms. The van der Waals surface area contributed by atoms with Crippen molar-refractivity contribution in [2.45, 2.75) is 58.8 Å². The Balaban J connectivity index is 1.58. The molecular weight excluding hydrogens is 396 g/mol. The highest BCUT2D eigenvalue weighted by Crippen LogP contribution is 2.26. The standard InChI is InChI=1S/C29H34O3/c1-4-6-7-8-9-22(3)23-10-12-24(13-11-23)25-14-16-26(17-15-25)29(30)32-28-20-18-27(19-21-28)31-5-2/h10-22H,4-9H2,1-3H3/t22-/m1/s1. The van der Waals surface area contributed by atoms with Crippen molar-refractivity contribution in [3.63, 3.8) is 0 Å². The lowest BCUT2D eigenvalue weighted by Gasteiger charge is -2.13. The van der Waals surface area contributed by atoms with Crippen LogP contribution in [0, 0.1) is 0 Å². The summed E-state index contributed by atoms with van der Waals surface area (Å²) in [5.41, 5.74) is 4.16. The number of esters is 1. The topological polar surface area (TPSA) is 35.5 Å². The van der Waals surface area contributed by atoms with E-state index in [4.69, 9.17) is 9.47 Å². The van der Waals surface area contributed by atoms with Crippen molar-refractivity contribution in [1.29, 1.82) is 0 Å². The summed E-state index contributed by atoms with van der Waals surface area (Å²) in [7, 11) is 0. The number of rotatable bonds is 11. The summed E-state index contributed by atoms with van der Waals surface area (Å²) in [4.78, 5) is 12.5. The van der Waals surface area contributed by atoms with Crippen molar-refractivity contribution in [3.8, 4) is 22.6 Å². The monoisotopic (exact) mass is 430 g/mol. The van der Waals surface area contributed by atoms with E-state index in [-0.39, 0.29) is 5.97 Å². The zero-order valence-corrected chi connectivity index (χ0v) is 19.5. The highest BCUT2D eigenvalue weighted by molar-refractivity contribution is 5.91. The van der Waals surface area contributed by atoms with Crippen LogP contribution in [0.25, 0.3) is 11.1 Å². The maximum Gasteiger partial charge on any atom is 0.343 e. The van der Waals surface area contributed by atoms with Gasteiger partial charge in [-0.1, -0.05) is 75.9 Å². The summed E-state index contributed by atoms with van der Waals surface area (Å²) >= 11 is 0. The van der Waals surface area contributed by atoms with E-state index in [2.05, 4.69) is 38.1 Å². The van der Waals surface area contributed by atoms with E-state index in [0.717, 1.165) is 16.9 Å². The first-order valence-electron chi connectivity index (χ1n) is 11.8. The van der Waals surface area contributed by atoms with Gasteiger partial charge in [0.25, 0.3) is 0 Å². The summed E-state index contributed by atoms with van der Waals surface area (Å²) in [5, 5.41) is 0. The molecule has 0 N–H and O–H groups in total. The van der Waals surface area contributed by atoms with Crippen LogP contribution < -0.4 is 9.47 Å². The van der Waals surface area contributed by atoms with Crippen LogP contribution >= 0.6 is 0 Å². The van der Waals surface area contributed by atoms with Crippen molar-refractivity contribution < 1.29 is 14.3 Å². The quantitative estimate of drug-likeness (QED) is 0.175. The molecule has 3 heteroatoms. The molecule has 1 atom stereocenters. The van der Waals surface area contributed by atoms with E-state index in [1.165, 1.54) is 37.7 Å². The zero-order chi connectivity index (χ0) is 22.8. The maximum atomic E-state index is 12.5. The molecule has 0 amide bonds. The van der Waals surface area contributed by atoms with Crippen LogP contribution in [0.4, 0.5) is 0 Å². The van der Waals surface area contributed by atoms with Gasteiger partial charge in [-0.2, -0.15) is 0 Å². The van der Waals surface area contributed by atoms with Crippen LogP contribution in [-0.2, 0) is 0 Å². The molecule has 0 aliphatic carbocycles. The zero-order valence-electron chi connectivity index (χ0n) is 19.5. The van der Waals surface area contributed by atoms with Gasteiger partial charge in [-0.3, -0.25) is 0 Å². The fourth-order valence-electron chi connectivity index (χ4n) is 3.78. The van der Waals surface area contributed by atoms with Gasteiger partial charge in [-0.05, 0) is 72.4 Å². The molecule has 0 aliphatic rings. The molecule has 3 rings (SSSR count). The van der Waals surface area contributed by atoms with Gasteiger partial charge >= 0.3 is 5.97 Å². The molecule has 3 nitrogen and oxygen atoms in total. The molecule has 0 saturated carbocycles. The number of unbranched alkanes of at least 4 members (excludes halogenated alkanes) is 3. The van der Waals surface area contributed by atoms with Gasteiger partial charge in [0, 0.05) is 0 Å². The largest absolute Gasteiger partial charge is 0.494 e. The summed E-state index contributed by atoms with van der Waals surface area (Å²) < 4.78 is 10.9. The second-order valence-corrected chi connectivity index (χ2v) is 8.24. The van der Waals surface area contributed by atoms with Crippen molar-refractivity contribution in [2.75, 3.05) is 6.61 Å². The average molecular weight is 431 g/mol. The molecule has 3 aromatic rings. The van der Waals surface area contributed by atoms with E-state index in [1.54, 1.807) is 24.3 Å². The minimum atomic E-state index is -0.368. The Morgan fingerprint density at radius 2 is 1.34 bits per heavy atom. The normalized spacial score (nSPS) is 11.7. The van der Waals surface area contributed by atoms with Gasteiger partial charge in [0.1, 0.15) is 11.5 Å². The van der Waals surface area contributed by atoms with Gasteiger partial charge in [-0.25, -0.2) is 4.79 Å². The molecule has 168 valence electrons. The van der Waals surface area contributed by atoms with Crippen LogP contribution in [-0.4, -0.2) is 12.6 Å². The van der Waals surface area contributed by atoms with E-state index in [9.17, 15) is 4.79 Å². The number of ether oxygens (including phenoxy) is 2. The lowest BCUT2D eigenvalue weighted by molar-refractivity contribution is 0.0734. The third kappa shape index (κ3) is 6.71.